The van der Waals surface area contributed by atoms with Gasteiger partial charge in [-0.05, 0) is 37.6 Å². The molecule has 4 rings (SSSR count). The van der Waals surface area contributed by atoms with Crippen LogP contribution in [0.25, 0.3) is 11.2 Å². The number of hydrogen-bond donors (Lipinski definition) is 1. The summed E-state index contributed by atoms with van der Waals surface area (Å²) in [5.74, 6) is 1.59. The minimum Gasteiger partial charge on any atom is -0.338 e. The highest BCUT2D eigenvalue weighted by Crippen LogP contribution is 2.26. The molecule has 0 spiro atoms. The van der Waals surface area contributed by atoms with Gasteiger partial charge in [0.1, 0.15) is 17.2 Å². The van der Waals surface area contributed by atoms with Crippen molar-refractivity contribution in [3.63, 3.8) is 0 Å². The summed E-state index contributed by atoms with van der Waals surface area (Å²) in [6.45, 7) is 9.15. The summed E-state index contributed by atoms with van der Waals surface area (Å²) in [6, 6.07) is 7.11. The van der Waals surface area contributed by atoms with Gasteiger partial charge in [0.2, 0.25) is 0 Å². The molecule has 160 valence electrons. The van der Waals surface area contributed by atoms with Gasteiger partial charge in [0.05, 0.1) is 17.1 Å². The third-order valence-corrected chi connectivity index (χ3v) is 6.65. The number of imidazole rings is 1. The third-order valence-electron chi connectivity index (χ3n) is 5.45. The Balaban J connectivity index is 1.80. The Morgan fingerprint density at radius 1 is 1.07 bits per heavy atom. The smallest absolute Gasteiger partial charge is 0.181 e. The molecule has 1 aromatic carbocycles. The molecule has 3 heterocycles. The van der Waals surface area contributed by atoms with Gasteiger partial charge in [-0.3, -0.25) is 4.90 Å². The zero-order chi connectivity index (χ0) is 21.5. The van der Waals surface area contributed by atoms with E-state index < -0.39 is 9.84 Å². The largest absolute Gasteiger partial charge is 0.338 e. The van der Waals surface area contributed by atoms with Gasteiger partial charge in [0.15, 0.2) is 15.5 Å². The number of sulfone groups is 1. The van der Waals surface area contributed by atoms with Crippen LogP contribution in [0.5, 0.6) is 0 Å². The molecular weight excluding hydrogens is 398 g/mol. The molecule has 0 amide bonds. The molecule has 0 saturated carbocycles. The molecule has 1 fully saturated rings. The number of aromatic amines is 1. The van der Waals surface area contributed by atoms with Crippen molar-refractivity contribution in [2.45, 2.75) is 56.9 Å². The highest BCUT2D eigenvalue weighted by Gasteiger charge is 2.23. The average molecular weight is 428 g/mol. The molecule has 1 saturated heterocycles. The van der Waals surface area contributed by atoms with Gasteiger partial charge in [-0.25, -0.2) is 23.4 Å². The molecule has 0 radical (unpaired) electrons. The van der Waals surface area contributed by atoms with E-state index in [0.717, 1.165) is 42.2 Å². The Labute approximate surface area is 177 Å². The monoisotopic (exact) mass is 427 g/mol. The summed E-state index contributed by atoms with van der Waals surface area (Å²) < 4.78 is 24.5. The molecule has 8 heteroatoms. The molecule has 1 aliphatic rings. The fraction of sp³-hybridized carbons (Fsp3) is 0.500. The third kappa shape index (κ3) is 4.39. The lowest BCUT2D eigenvalue weighted by Gasteiger charge is -2.17. The maximum absolute atomic E-state index is 12.3. The summed E-state index contributed by atoms with van der Waals surface area (Å²) in [6.07, 6.45) is 4.09. The van der Waals surface area contributed by atoms with Crippen molar-refractivity contribution in [1.82, 2.24) is 24.8 Å². The number of hydrogen-bond acceptors (Lipinski definition) is 6. The van der Waals surface area contributed by atoms with Crippen LogP contribution in [0.4, 0.5) is 0 Å². The number of aromatic nitrogens is 4. The number of nitrogens with one attached hydrogen (secondary N) is 1. The molecule has 1 N–H and O–H groups in total. The van der Waals surface area contributed by atoms with Gasteiger partial charge in [-0.15, -0.1) is 0 Å². The quantitative estimate of drug-likeness (QED) is 0.672. The fourth-order valence-electron chi connectivity index (χ4n) is 3.89. The van der Waals surface area contributed by atoms with Crippen LogP contribution in [-0.4, -0.2) is 52.6 Å². The average Bonchev–Trinajstić information content (AvgIpc) is 3.30. The van der Waals surface area contributed by atoms with Crippen LogP contribution in [0.2, 0.25) is 0 Å². The Morgan fingerprint density at radius 2 is 1.77 bits per heavy atom. The Hall–Kier alpha value is -2.32. The molecule has 1 aliphatic heterocycles. The number of nitrogens with zero attached hydrogens (tertiary/aromatic N) is 4. The van der Waals surface area contributed by atoms with Crippen molar-refractivity contribution < 1.29 is 8.42 Å². The highest BCUT2D eigenvalue weighted by atomic mass is 32.2. The lowest BCUT2D eigenvalue weighted by atomic mass is 9.95. The van der Waals surface area contributed by atoms with Gasteiger partial charge in [-0.2, -0.15) is 0 Å². The Kier molecular flexibility index (Phi) is 5.40. The van der Waals surface area contributed by atoms with Crippen molar-refractivity contribution >= 4 is 21.0 Å². The van der Waals surface area contributed by atoms with E-state index >= 15 is 0 Å². The summed E-state index contributed by atoms with van der Waals surface area (Å²) in [7, 11) is -3.33. The Bertz CT molecular complexity index is 1170. The zero-order valence-corrected chi connectivity index (χ0v) is 18.9. The van der Waals surface area contributed by atoms with Crippen LogP contribution >= 0.6 is 0 Å². The molecular formula is C22H29N5O2S. The van der Waals surface area contributed by atoms with E-state index in [0.29, 0.717) is 22.8 Å². The van der Waals surface area contributed by atoms with Gasteiger partial charge in [-0.1, -0.05) is 39.0 Å². The van der Waals surface area contributed by atoms with E-state index in [-0.39, 0.29) is 5.41 Å². The van der Waals surface area contributed by atoms with Crippen molar-refractivity contribution in [2.24, 2.45) is 0 Å². The molecule has 0 aliphatic carbocycles. The van der Waals surface area contributed by atoms with Gasteiger partial charge in [0, 0.05) is 18.1 Å². The standard InChI is InChI=1S/C22H29N5O2S/c1-22(2,3)21-23-16(13-15-9-5-6-10-17(15)30(4,28)29)19-20(26-21)25-18(24-19)14-27-11-7-8-12-27/h5-6,9-10H,7-8,11-14H2,1-4H3,(H,23,24,25,26). The molecule has 0 bridgehead atoms. The second-order valence-corrected chi connectivity index (χ2v) is 11.2. The summed E-state index contributed by atoms with van der Waals surface area (Å²) in [4.78, 5) is 20.5. The molecule has 2 aromatic heterocycles. The van der Waals surface area contributed by atoms with Crippen LogP contribution in [0.1, 0.15) is 56.5 Å². The minimum absolute atomic E-state index is 0.243. The molecule has 0 unspecified atom stereocenters. The number of likely N-dealkylation sites (tertiary alicyclic amines) is 1. The van der Waals surface area contributed by atoms with E-state index in [4.69, 9.17) is 15.0 Å². The SMILES string of the molecule is CC(C)(C)c1nc(Cc2ccccc2S(C)(=O)=O)c2[nH]c(CN3CCCC3)nc2n1. The van der Waals surface area contributed by atoms with Crippen molar-refractivity contribution in [1.29, 1.82) is 0 Å². The van der Waals surface area contributed by atoms with E-state index in [1.807, 2.05) is 12.1 Å². The highest BCUT2D eigenvalue weighted by molar-refractivity contribution is 7.90. The molecule has 3 aromatic rings. The lowest BCUT2D eigenvalue weighted by molar-refractivity contribution is 0.324. The van der Waals surface area contributed by atoms with E-state index in [9.17, 15) is 8.42 Å². The zero-order valence-electron chi connectivity index (χ0n) is 18.1. The van der Waals surface area contributed by atoms with Crippen molar-refractivity contribution in [3.8, 4) is 0 Å². The van der Waals surface area contributed by atoms with Gasteiger partial charge in [0.25, 0.3) is 0 Å². The summed E-state index contributed by atoms with van der Waals surface area (Å²) in [5, 5.41) is 0. The minimum atomic E-state index is -3.33. The van der Waals surface area contributed by atoms with Gasteiger partial charge >= 0.3 is 0 Å². The fourth-order valence-corrected chi connectivity index (χ4v) is 4.83. The second-order valence-electron chi connectivity index (χ2n) is 9.17. The van der Waals surface area contributed by atoms with Crippen LogP contribution in [-0.2, 0) is 28.2 Å². The predicted molar refractivity (Wildman–Crippen MR) is 117 cm³/mol. The van der Waals surface area contributed by atoms with E-state index in [1.54, 1.807) is 12.1 Å². The van der Waals surface area contributed by atoms with Crippen molar-refractivity contribution in [3.05, 3.63) is 47.2 Å². The predicted octanol–water partition coefficient (Wildman–Crippen LogP) is 3.24. The number of fused-ring (bicyclic) bond motifs is 1. The lowest BCUT2D eigenvalue weighted by Crippen LogP contribution is -2.19. The maximum atomic E-state index is 12.3. The Morgan fingerprint density at radius 3 is 2.43 bits per heavy atom. The topological polar surface area (TPSA) is 91.8 Å². The number of H-pyrrole nitrogens is 1. The maximum Gasteiger partial charge on any atom is 0.181 e. The van der Waals surface area contributed by atoms with Crippen LogP contribution in [0.15, 0.2) is 29.2 Å². The number of benzene rings is 1. The first-order chi connectivity index (χ1) is 14.1. The van der Waals surface area contributed by atoms with E-state index in [1.165, 1.54) is 19.1 Å². The van der Waals surface area contributed by atoms with Crippen molar-refractivity contribution in [2.75, 3.05) is 19.3 Å². The first-order valence-corrected chi connectivity index (χ1v) is 12.3. The summed E-state index contributed by atoms with van der Waals surface area (Å²) >= 11 is 0. The molecule has 0 atom stereocenters. The van der Waals surface area contributed by atoms with E-state index in [2.05, 4.69) is 30.7 Å². The summed E-state index contributed by atoms with van der Waals surface area (Å²) in [5.41, 5.74) is 2.71. The van der Waals surface area contributed by atoms with Crippen LogP contribution in [0.3, 0.4) is 0 Å². The molecule has 30 heavy (non-hydrogen) atoms. The first kappa shape index (κ1) is 20.9. The number of rotatable bonds is 5. The van der Waals surface area contributed by atoms with Crippen LogP contribution in [0, 0.1) is 0 Å². The van der Waals surface area contributed by atoms with Crippen LogP contribution < -0.4 is 0 Å². The normalized spacial score (nSPS) is 15.9. The molecule has 7 nitrogen and oxygen atoms in total. The van der Waals surface area contributed by atoms with Gasteiger partial charge < -0.3 is 4.98 Å². The second kappa shape index (κ2) is 7.74. The first-order valence-electron chi connectivity index (χ1n) is 10.4.